The van der Waals surface area contributed by atoms with E-state index in [-0.39, 0.29) is 0 Å². The first-order valence-electron chi connectivity index (χ1n) is 6.37. The lowest BCUT2D eigenvalue weighted by molar-refractivity contribution is 0.0461. The summed E-state index contributed by atoms with van der Waals surface area (Å²) < 4.78 is 0. The molecule has 3 heteroatoms. The Hall–Kier alpha value is -0.120. The van der Waals surface area contributed by atoms with Crippen LogP contribution < -0.4 is 5.73 Å². The molecule has 0 aromatic rings. The third kappa shape index (κ3) is 2.92. The summed E-state index contributed by atoms with van der Waals surface area (Å²) in [5, 5.41) is 0. The van der Waals surface area contributed by atoms with E-state index in [1.54, 1.807) is 0 Å². The van der Waals surface area contributed by atoms with Crippen molar-refractivity contribution in [3.05, 3.63) is 0 Å². The molecule has 2 fully saturated rings. The lowest BCUT2D eigenvalue weighted by Crippen LogP contribution is -2.61. The number of likely N-dealkylation sites (tertiary alicyclic amines) is 2. The standard InChI is InChI=1S/C12H25N3/c1-10(2)7-14-5-3-12(4-6-14)15-8-11(13)9-15/h10-12H,3-9,13H2,1-2H3. The van der Waals surface area contributed by atoms with Gasteiger partial charge in [-0.15, -0.1) is 0 Å². The molecule has 3 nitrogen and oxygen atoms in total. The zero-order valence-corrected chi connectivity index (χ0v) is 10.2. The molecule has 15 heavy (non-hydrogen) atoms. The molecule has 0 saturated carbocycles. The Morgan fingerprint density at radius 2 is 1.80 bits per heavy atom. The molecule has 0 unspecified atom stereocenters. The lowest BCUT2D eigenvalue weighted by atomic mass is 9.97. The van der Waals surface area contributed by atoms with Crippen LogP contribution in [0.2, 0.25) is 0 Å². The van der Waals surface area contributed by atoms with Gasteiger partial charge in [-0.2, -0.15) is 0 Å². The molecule has 2 aliphatic heterocycles. The van der Waals surface area contributed by atoms with Crippen molar-refractivity contribution < 1.29 is 0 Å². The van der Waals surface area contributed by atoms with Gasteiger partial charge in [0.2, 0.25) is 0 Å². The molecule has 0 radical (unpaired) electrons. The van der Waals surface area contributed by atoms with Crippen molar-refractivity contribution in [1.29, 1.82) is 0 Å². The third-order valence-corrected chi connectivity index (χ3v) is 3.63. The second-order valence-corrected chi connectivity index (χ2v) is 5.64. The summed E-state index contributed by atoms with van der Waals surface area (Å²) in [6.45, 7) is 10.7. The summed E-state index contributed by atoms with van der Waals surface area (Å²) in [5.74, 6) is 0.805. The maximum absolute atomic E-state index is 5.82. The normalized spacial score (nSPS) is 27.2. The molecule has 2 rings (SSSR count). The molecule has 2 saturated heterocycles. The Kier molecular flexibility index (Phi) is 3.65. The summed E-state index contributed by atoms with van der Waals surface area (Å²) in [6.07, 6.45) is 2.69. The fourth-order valence-corrected chi connectivity index (χ4v) is 2.83. The smallest absolute Gasteiger partial charge is 0.0297 e. The molecule has 0 amide bonds. The Morgan fingerprint density at radius 3 is 2.27 bits per heavy atom. The highest BCUT2D eigenvalue weighted by atomic mass is 15.3. The summed E-state index contributed by atoms with van der Waals surface area (Å²) in [5.41, 5.74) is 5.82. The zero-order chi connectivity index (χ0) is 10.8. The van der Waals surface area contributed by atoms with Crippen molar-refractivity contribution >= 4 is 0 Å². The highest BCUT2D eigenvalue weighted by Gasteiger charge is 2.31. The summed E-state index contributed by atoms with van der Waals surface area (Å²) >= 11 is 0. The van der Waals surface area contributed by atoms with Gasteiger partial charge in [-0.05, 0) is 31.8 Å². The summed E-state index contributed by atoms with van der Waals surface area (Å²) in [6, 6.07) is 1.28. The minimum absolute atomic E-state index is 0.457. The molecule has 2 N–H and O–H groups in total. The van der Waals surface area contributed by atoms with Crippen molar-refractivity contribution in [2.24, 2.45) is 11.7 Å². The molecule has 0 aromatic carbocycles. The molecule has 0 atom stereocenters. The second kappa shape index (κ2) is 4.81. The molecule has 0 aliphatic carbocycles. The second-order valence-electron chi connectivity index (χ2n) is 5.64. The molecular formula is C12H25N3. The van der Waals surface area contributed by atoms with Crippen LogP contribution in [0.1, 0.15) is 26.7 Å². The third-order valence-electron chi connectivity index (χ3n) is 3.63. The average molecular weight is 211 g/mol. The average Bonchev–Trinajstić information content (AvgIpc) is 2.14. The summed E-state index contributed by atoms with van der Waals surface area (Å²) in [7, 11) is 0. The maximum Gasteiger partial charge on any atom is 0.0297 e. The number of hydrogen-bond acceptors (Lipinski definition) is 3. The van der Waals surface area contributed by atoms with E-state index in [0.717, 1.165) is 25.0 Å². The first-order chi connectivity index (χ1) is 7.15. The van der Waals surface area contributed by atoms with Gasteiger partial charge in [-0.3, -0.25) is 4.90 Å². The monoisotopic (exact) mass is 211 g/mol. The van der Waals surface area contributed by atoms with Crippen LogP contribution in [0.5, 0.6) is 0 Å². The topological polar surface area (TPSA) is 32.5 Å². The Bertz CT molecular complexity index is 191. The van der Waals surface area contributed by atoms with Crippen LogP contribution in [0, 0.1) is 5.92 Å². The molecule has 0 spiro atoms. The van der Waals surface area contributed by atoms with Crippen LogP contribution >= 0.6 is 0 Å². The number of rotatable bonds is 3. The van der Waals surface area contributed by atoms with Gasteiger partial charge < -0.3 is 10.6 Å². The van der Waals surface area contributed by atoms with Crippen LogP contribution in [-0.4, -0.2) is 54.6 Å². The minimum atomic E-state index is 0.457. The zero-order valence-electron chi connectivity index (χ0n) is 10.2. The number of nitrogens with zero attached hydrogens (tertiary/aromatic N) is 2. The van der Waals surface area contributed by atoms with Crippen LogP contribution in [0.4, 0.5) is 0 Å². The van der Waals surface area contributed by atoms with Gasteiger partial charge >= 0.3 is 0 Å². The number of nitrogens with two attached hydrogens (primary N) is 1. The van der Waals surface area contributed by atoms with E-state index in [9.17, 15) is 0 Å². The molecule has 0 bridgehead atoms. The molecule has 0 aromatic heterocycles. The highest BCUT2D eigenvalue weighted by molar-refractivity contribution is 4.90. The molecular weight excluding hydrogens is 186 g/mol. The van der Waals surface area contributed by atoms with Crippen molar-refractivity contribution in [2.45, 2.75) is 38.8 Å². The fraction of sp³-hybridized carbons (Fsp3) is 1.00. The van der Waals surface area contributed by atoms with E-state index in [4.69, 9.17) is 5.73 Å². The van der Waals surface area contributed by atoms with Gasteiger partial charge in [-0.25, -0.2) is 0 Å². The van der Waals surface area contributed by atoms with E-state index < -0.39 is 0 Å². The van der Waals surface area contributed by atoms with Crippen LogP contribution in [0.15, 0.2) is 0 Å². The van der Waals surface area contributed by atoms with Gasteiger partial charge in [0.15, 0.2) is 0 Å². The van der Waals surface area contributed by atoms with Crippen LogP contribution in [0.25, 0.3) is 0 Å². The van der Waals surface area contributed by atoms with E-state index >= 15 is 0 Å². The molecule has 2 aliphatic rings. The van der Waals surface area contributed by atoms with E-state index in [1.165, 1.54) is 32.5 Å². The summed E-state index contributed by atoms with van der Waals surface area (Å²) in [4.78, 5) is 5.18. The highest BCUT2D eigenvalue weighted by Crippen LogP contribution is 2.21. The number of hydrogen-bond donors (Lipinski definition) is 1. The quantitative estimate of drug-likeness (QED) is 0.748. The largest absolute Gasteiger partial charge is 0.325 e. The van der Waals surface area contributed by atoms with Gasteiger partial charge in [0.05, 0.1) is 0 Å². The fourth-order valence-electron chi connectivity index (χ4n) is 2.83. The minimum Gasteiger partial charge on any atom is -0.325 e. The molecule has 88 valence electrons. The SMILES string of the molecule is CC(C)CN1CCC(N2CC(N)C2)CC1. The maximum atomic E-state index is 5.82. The van der Waals surface area contributed by atoms with Crippen LogP contribution in [-0.2, 0) is 0 Å². The van der Waals surface area contributed by atoms with Gasteiger partial charge in [0.25, 0.3) is 0 Å². The van der Waals surface area contributed by atoms with Crippen molar-refractivity contribution in [3.63, 3.8) is 0 Å². The van der Waals surface area contributed by atoms with Gasteiger partial charge in [0.1, 0.15) is 0 Å². The van der Waals surface area contributed by atoms with E-state index in [2.05, 4.69) is 23.6 Å². The Morgan fingerprint density at radius 1 is 1.20 bits per heavy atom. The Labute approximate surface area is 93.6 Å². The first-order valence-corrected chi connectivity index (χ1v) is 6.37. The van der Waals surface area contributed by atoms with Gasteiger partial charge in [-0.1, -0.05) is 13.8 Å². The van der Waals surface area contributed by atoms with E-state index in [1.807, 2.05) is 0 Å². The number of piperidine rings is 1. The molecule has 2 heterocycles. The van der Waals surface area contributed by atoms with Crippen LogP contribution in [0.3, 0.4) is 0 Å². The van der Waals surface area contributed by atoms with E-state index in [0.29, 0.717) is 6.04 Å². The lowest BCUT2D eigenvalue weighted by Gasteiger charge is -2.46. The Balaban J connectivity index is 1.68. The van der Waals surface area contributed by atoms with Crippen molar-refractivity contribution in [1.82, 2.24) is 9.80 Å². The predicted molar refractivity (Wildman–Crippen MR) is 63.8 cm³/mol. The van der Waals surface area contributed by atoms with Gasteiger partial charge in [0, 0.05) is 31.7 Å². The van der Waals surface area contributed by atoms with Crippen molar-refractivity contribution in [3.8, 4) is 0 Å². The predicted octanol–water partition coefficient (Wildman–Crippen LogP) is 0.750. The van der Waals surface area contributed by atoms with Crippen molar-refractivity contribution in [2.75, 3.05) is 32.7 Å². The first kappa shape index (κ1) is 11.4.